The summed E-state index contributed by atoms with van der Waals surface area (Å²) in [6.07, 6.45) is 3.23. The van der Waals surface area contributed by atoms with Crippen molar-refractivity contribution < 1.29 is 14.6 Å². The van der Waals surface area contributed by atoms with E-state index in [0.717, 1.165) is 5.56 Å². The number of esters is 1. The van der Waals surface area contributed by atoms with E-state index in [1.54, 1.807) is 42.5 Å². The van der Waals surface area contributed by atoms with Crippen LogP contribution in [0.2, 0.25) is 0 Å². The highest BCUT2D eigenvalue weighted by Gasteiger charge is 2.36. The molecule has 94 valence electrons. The Bertz CT molecular complexity index is 646. The second-order valence-corrected chi connectivity index (χ2v) is 4.37. The number of hydrogen-bond donors (Lipinski definition) is 1. The summed E-state index contributed by atoms with van der Waals surface area (Å²) in [7, 11) is 0. The highest BCUT2D eigenvalue weighted by Crippen LogP contribution is 2.35. The average Bonchev–Trinajstić information content (AvgIpc) is 2.78. The summed E-state index contributed by atoms with van der Waals surface area (Å²) in [4.78, 5) is 12.0. The molecular weight excluding hydrogens is 240 g/mol. The number of fused-ring (bicyclic) bond motifs is 1. The molecule has 0 bridgehead atoms. The molecule has 0 heterocycles. The molecule has 0 fully saturated rings. The Hall–Kier alpha value is -2.39. The van der Waals surface area contributed by atoms with E-state index in [1.165, 1.54) is 6.08 Å². The van der Waals surface area contributed by atoms with Gasteiger partial charge in [-0.3, -0.25) is 0 Å². The van der Waals surface area contributed by atoms with Crippen LogP contribution in [0, 0.1) is 0 Å². The van der Waals surface area contributed by atoms with E-state index in [2.05, 4.69) is 0 Å². The molecular formula is C16H12O3. The first-order chi connectivity index (χ1) is 9.19. The van der Waals surface area contributed by atoms with E-state index in [4.69, 9.17) is 4.74 Å². The number of benzene rings is 2. The lowest BCUT2D eigenvalue weighted by atomic mass is 10.1. The van der Waals surface area contributed by atoms with Crippen molar-refractivity contribution in [1.82, 2.24) is 0 Å². The van der Waals surface area contributed by atoms with Crippen LogP contribution in [0.15, 0.2) is 60.7 Å². The van der Waals surface area contributed by atoms with Gasteiger partial charge in [0.25, 0.3) is 5.79 Å². The molecule has 0 spiro atoms. The maximum Gasteiger partial charge on any atom is 0.341 e. The van der Waals surface area contributed by atoms with Gasteiger partial charge in [-0.1, -0.05) is 48.5 Å². The first kappa shape index (κ1) is 11.7. The molecule has 0 saturated heterocycles. The summed E-state index contributed by atoms with van der Waals surface area (Å²) in [6.45, 7) is 0. The van der Waals surface area contributed by atoms with Crippen LogP contribution in [0.25, 0.3) is 6.08 Å². The third kappa shape index (κ3) is 2.04. The summed E-state index contributed by atoms with van der Waals surface area (Å²) in [5.41, 5.74) is 1.85. The molecule has 2 aromatic rings. The number of ether oxygens (including phenoxy) is 1. The quantitative estimate of drug-likeness (QED) is 0.660. The molecule has 1 N–H and O–H groups in total. The molecule has 1 aliphatic carbocycles. The van der Waals surface area contributed by atoms with Crippen molar-refractivity contribution in [2.45, 2.75) is 5.79 Å². The lowest BCUT2D eigenvalue weighted by Gasteiger charge is -2.22. The van der Waals surface area contributed by atoms with Crippen molar-refractivity contribution in [3.8, 4) is 0 Å². The van der Waals surface area contributed by atoms with Gasteiger partial charge < -0.3 is 9.84 Å². The summed E-state index contributed by atoms with van der Waals surface area (Å²) in [5.74, 6) is -2.23. The van der Waals surface area contributed by atoms with Crippen molar-refractivity contribution in [2.24, 2.45) is 0 Å². The number of carbonyl (C=O) groups excluding carboxylic acids is 1. The molecule has 0 aliphatic heterocycles. The van der Waals surface area contributed by atoms with Crippen LogP contribution >= 0.6 is 0 Å². The first-order valence-electron chi connectivity index (χ1n) is 5.98. The first-order valence-corrected chi connectivity index (χ1v) is 5.98. The van der Waals surface area contributed by atoms with E-state index in [0.29, 0.717) is 11.1 Å². The van der Waals surface area contributed by atoms with Crippen LogP contribution in [0.4, 0.5) is 0 Å². The highest BCUT2D eigenvalue weighted by atomic mass is 16.7. The molecule has 3 nitrogen and oxygen atoms in total. The van der Waals surface area contributed by atoms with Crippen LogP contribution in [0.1, 0.15) is 21.5 Å². The van der Waals surface area contributed by atoms with Gasteiger partial charge in [0.15, 0.2) is 0 Å². The van der Waals surface area contributed by atoms with Gasteiger partial charge in [0.05, 0.1) is 5.56 Å². The molecule has 1 aliphatic rings. The predicted molar refractivity (Wildman–Crippen MR) is 71.2 cm³/mol. The fourth-order valence-electron chi connectivity index (χ4n) is 2.12. The molecule has 3 rings (SSSR count). The third-order valence-electron chi connectivity index (χ3n) is 3.09. The minimum Gasteiger partial charge on any atom is -0.421 e. The van der Waals surface area contributed by atoms with Crippen LogP contribution in [-0.4, -0.2) is 11.1 Å². The molecule has 0 aromatic heterocycles. The SMILES string of the molecule is O=C(OC1(O)C=Cc2ccccc21)c1ccccc1. The monoisotopic (exact) mass is 252 g/mol. The second kappa shape index (κ2) is 4.37. The van der Waals surface area contributed by atoms with Crippen LogP contribution in [0.3, 0.4) is 0 Å². The Morgan fingerprint density at radius 3 is 2.47 bits per heavy atom. The molecule has 3 heteroatoms. The molecule has 0 saturated carbocycles. The lowest BCUT2D eigenvalue weighted by Crippen LogP contribution is -2.28. The van der Waals surface area contributed by atoms with Gasteiger partial charge >= 0.3 is 5.97 Å². The van der Waals surface area contributed by atoms with E-state index in [1.807, 2.05) is 18.2 Å². The minimum absolute atomic E-state index is 0.411. The molecule has 19 heavy (non-hydrogen) atoms. The minimum atomic E-state index is -1.68. The van der Waals surface area contributed by atoms with E-state index < -0.39 is 11.8 Å². The largest absolute Gasteiger partial charge is 0.421 e. The smallest absolute Gasteiger partial charge is 0.341 e. The molecule has 2 aromatic carbocycles. The normalized spacial score (nSPS) is 20.1. The van der Waals surface area contributed by atoms with Gasteiger partial charge in [-0.2, -0.15) is 0 Å². The number of carbonyl (C=O) groups is 1. The number of aliphatic hydroxyl groups is 1. The Morgan fingerprint density at radius 1 is 1.00 bits per heavy atom. The molecule has 0 radical (unpaired) electrons. The summed E-state index contributed by atoms with van der Waals surface area (Å²) in [5, 5.41) is 10.4. The van der Waals surface area contributed by atoms with E-state index in [9.17, 15) is 9.90 Å². The fourth-order valence-corrected chi connectivity index (χ4v) is 2.12. The second-order valence-electron chi connectivity index (χ2n) is 4.37. The van der Waals surface area contributed by atoms with Crippen LogP contribution < -0.4 is 0 Å². The van der Waals surface area contributed by atoms with Gasteiger partial charge in [0, 0.05) is 5.56 Å². The Kier molecular flexibility index (Phi) is 2.69. The lowest BCUT2D eigenvalue weighted by molar-refractivity contribution is -0.132. The van der Waals surface area contributed by atoms with Gasteiger partial charge in [-0.15, -0.1) is 0 Å². The summed E-state index contributed by atoms with van der Waals surface area (Å²) in [6, 6.07) is 15.9. The van der Waals surface area contributed by atoms with Gasteiger partial charge in [0.2, 0.25) is 0 Å². The van der Waals surface area contributed by atoms with E-state index in [-0.39, 0.29) is 0 Å². The van der Waals surface area contributed by atoms with Gasteiger partial charge in [-0.05, 0) is 23.8 Å². The topological polar surface area (TPSA) is 46.5 Å². The van der Waals surface area contributed by atoms with Crippen LogP contribution in [-0.2, 0) is 10.5 Å². The van der Waals surface area contributed by atoms with Crippen molar-refractivity contribution >= 4 is 12.0 Å². The van der Waals surface area contributed by atoms with Crippen molar-refractivity contribution in [3.05, 3.63) is 77.4 Å². The zero-order valence-corrected chi connectivity index (χ0v) is 10.1. The van der Waals surface area contributed by atoms with Gasteiger partial charge in [-0.25, -0.2) is 4.79 Å². The number of hydrogen-bond acceptors (Lipinski definition) is 3. The van der Waals surface area contributed by atoms with Crippen molar-refractivity contribution in [2.75, 3.05) is 0 Å². The standard InChI is InChI=1S/C16H12O3/c17-15(13-7-2-1-3-8-13)19-16(18)11-10-12-6-4-5-9-14(12)16/h1-11,18H. The van der Waals surface area contributed by atoms with Crippen molar-refractivity contribution in [1.29, 1.82) is 0 Å². The summed E-state index contributed by atoms with van der Waals surface area (Å²) >= 11 is 0. The summed E-state index contributed by atoms with van der Waals surface area (Å²) < 4.78 is 5.24. The van der Waals surface area contributed by atoms with E-state index >= 15 is 0 Å². The maximum absolute atomic E-state index is 12.0. The molecule has 1 unspecified atom stereocenters. The molecule has 1 atom stereocenters. The van der Waals surface area contributed by atoms with Crippen molar-refractivity contribution in [3.63, 3.8) is 0 Å². The Morgan fingerprint density at radius 2 is 1.68 bits per heavy atom. The van der Waals surface area contributed by atoms with Gasteiger partial charge in [0.1, 0.15) is 0 Å². The zero-order valence-electron chi connectivity index (χ0n) is 10.1. The fraction of sp³-hybridized carbons (Fsp3) is 0.0625. The Labute approximate surface area is 110 Å². The number of rotatable bonds is 2. The highest BCUT2D eigenvalue weighted by molar-refractivity contribution is 5.90. The Balaban J connectivity index is 1.89. The maximum atomic E-state index is 12.0. The predicted octanol–water partition coefficient (Wildman–Crippen LogP) is 2.72. The average molecular weight is 252 g/mol. The molecule has 0 amide bonds. The third-order valence-corrected chi connectivity index (χ3v) is 3.09. The zero-order chi connectivity index (χ0) is 13.3. The van der Waals surface area contributed by atoms with Crippen LogP contribution in [0.5, 0.6) is 0 Å².